The summed E-state index contributed by atoms with van der Waals surface area (Å²) in [6, 6.07) is 17.8. The average molecular weight is 335 g/mol. The van der Waals surface area contributed by atoms with Crippen molar-refractivity contribution in [2.75, 3.05) is 5.32 Å². The van der Waals surface area contributed by atoms with E-state index < -0.39 is 0 Å². The maximum absolute atomic E-state index is 6.25. The number of halogens is 1. The molecule has 0 saturated heterocycles. The van der Waals surface area contributed by atoms with Crippen molar-refractivity contribution < 1.29 is 0 Å². The fourth-order valence-corrected chi connectivity index (χ4v) is 2.85. The molecule has 4 rings (SSSR count). The SMILES string of the molecule is Cc1c(Cl)cccc1Nc1c(-c2ccccc2)nc2ncccn12. The molecule has 0 aliphatic carbocycles. The van der Waals surface area contributed by atoms with Gasteiger partial charge in [0, 0.05) is 28.7 Å². The maximum Gasteiger partial charge on any atom is 0.235 e. The van der Waals surface area contributed by atoms with Gasteiger partial charge in [0.2, 0.25) is 5.78 Å². The molecule has 4 aromatic rings. The third-order valence-electron chi connectivity index (χ3n) is 3.97. The van der Waals surface area contributed by atoms with Gasteiger partial charge in [-0.2, -0.15) is 0 Å². The van der Waals surface area contributed by atoms with Crippen molar-refractivity contribution in [3.05, 3.63) is 77.6 Å². The Morgan fingerprint density at radius 1 is 1.00 bits per heavy atom. The molecule has 118 valence electrons. The molecule has 0 aliphatic rings. The van der Waals surface area contributed by atoms with Crippen LogP contribution in [0.3, 0.4) is 0 Å². The predicted octanol–water partition coefficient (Wildman–Crippen LogP) is 5.10. The molecule has 2 heterocycles. The summed E-state index contributed by atoms with van der Waals surface area (Å²) in [5.74, 6) is 1.52. The highest BCUT2D eigenvalue weighted by Gasteiger charge is 2.15. The molecule has 24 heavy (non-hydrogen) atoms. The Kier molecular flexibility index (Phi) is 3.67. The minimum Gasteiger partial charge on any atom is -0.339 e. The fraction of sp³-hybridized carbons (Fsp3) is 0.0526. The molecule has 0 spiro atoms. The van der Waals surface area contributed by atoms with E-state index in [0.29, 0.717) is 5.78 Å². The van der Waals surface area contributed by atoms with Crippen LogP contribution >= 0.6 is 11.6 Å². The molecule has 0 fully saturated rings. The van der Waals surface area contributed by atoms with Gasteiger partial charge >= 0.3 is 0 Å². The summed E-state index contributed by atoms with van der Waals surface area (Å²) in [6.45, 7) is 1.99. The lowest BCUT2D eigenvalue weighted by atomic mass is 10.1. The number of benzene rings is 2. The van der Waals surface area contributed by atoms with E-state index in [1.54, 1.807) is 6.20 Å². The summed E-state index contributed by atoms with van der Waals surface area (Å²) >= 11 is 6.25. The summed E-state index contributed by atoms with van der Waals surface area (Å²) in [5, 5.41) is 4.21. The van der Waals surface area contributed by atoms with Crippen LogP contribution in [0.4, 0.5) is 11.5 Å². The lowest BCUT2D eigenvalue weighted by Gasteiger charge is -2.12. The molecule has 0 aliphatic heterocycles. The van der Waals surface area contributed by atoms with Crippen molar-refractivity contribution in [1.29, 1.82) is 0 Å². The number of hydrogen-bond acceptors (Lipinski definition) is 3. The van der Waals surface area contributed by atoms with Crippen LogP contribution in [-0.4, -0.2) is 14.4 Å². The van der Waals surface area contributed by atoms with Crippen molar-refractivity contribution in [1.82, 2.24) is 14.4 Å². The number of nitrogens with zero attached hydrogens (tertiary/aromatic N) is 3. The summed E-state index contributed by atoms with van der Waals surface area (Å²) in [6.07, 6.45) is 3.69. The molecular weight excluding hydrogens is 320 g/mol. The molecule has 2 aromatic carbocycles. The van der Waals surface area contributed by atoms with Gasteiger partial charge in [-0.1, -0.05) is 48.0 Å². The van der Waals surface area contributed by atoms with Gasteiger partial charge in [0.25, 0.3) is 0 Å². The Labute approximate surface area is 144 Å². The first-order chi connectivity index (χ1) is 11.7. The van der Waals surface area contributed by atoms with E-state index in [1.165, 1.54) is 0 Å². The molecule has 0 saturated carbocycles. The smallest absolute Gasteiger partial charge is 0.235 e. The molecule has 5 heteroatoms. The van der Waals surface area contributed by atoms with Crippen LogP contribution in [-0.2, 0) is 0 Å². The molecule has 4 nitrogen and oxygen atoms in total. The highest BCUT2D eigenvalue weighted by atomic mass is 35.5. The highest BCUT2D eigenvalue weighted by molar-refractivity contribution is 6.31. The first-order valence-corrected chi connectivity index (χ1v) is 8.02. The molecule has 1 N–H and O–H groups in total. The van der Waals surface area contributed by atoms with E-state index in [0.717, 1.165) is 33.3 Å². The van der Waals surface area contributed by atoms with E-state index in [9.17, 15) is 0 Å². The number of aromatic nitrogens is 3. The number of anilines is 2. The molecule has 2 aromatic heterocycles. The second kappa shape index (κ2) is 5.98. The predicted molar refractivity (Wildman–Crippen MR) is 97.9 cm³/mol. The second-order valence-corrected chi connectivity index (χ2v) is 5.91. The van der Waals surface area contributed by atoms with Crippen molar-refractivity contribution in [2.45, 2.75) is 6.92 Å². The molecule has 0 amide bonds. The van der Waals surface area contributed by atoms with Crippen LogP contribution < -0.4 is 5.32 Å². The summed E-state index contributed by atoms with van der Waals surface area (Å²) in [4.78, 5) is 9.04. The van der Waals surface area contributed by atoms with E-state index in [-0.39, 0.29) is 0 Å². The van der Waals surface area contributed by atoms with Gasteiger partial charge in [0.1, 0.15) is 11.5 Å². The van der Waals surface area contributed by atoms with E-state index in [2.05, 4.69) is 15.3 Å². The van der Waals surface area contributed by atoms with Crippen molar-refractivity contribution >= 4 is 28.9 Å². The normalized spacial score (nSPS) is 10.9. The first-order valence-electron chi connectivity index (χ1n) is 7.64. The summed E-state index contributed by atoms with van der Waals surface area (Å²) in [5.41, 5.74) is 3.83. The number of nitrogens with one attached hydrogen (secondary N) is 1. The van der Waals surface area contributed by atoms with Crippen LogP contribution in [0.5, 0.6) is 0 Å². The molecule has 0 bridgehead atoms. The largest absolute Gasteiger partial charge is 0.339 e. The standard InChI is InChI=1S/C19H15ClN4/c1-13-15(20)9-5-10-16(13)22-18-17(14-7-3-2-4-8-14)23-19-21-11-6-12-24(18)19/h2-12,22H,1H3. The summed E-state index contributed by atoms with van der Waals surface area (Å²) in [7, 11) is 0. The van der Waals surface area contributed by atoms with Crippen LogP contribution in [0.1, 0.15) is 5.56 Å². The Balaban J connectivity index is 1.91. The van der Waals surface area contributed by atoms with Crippen LogP contribution in [0.15, 0.2) is 67.0 Å². The van der Waals surface area contributed by atoms with Crippen molar-refractivity contribution in [2.24, 2.45) is 0 Å². The van der Waals surface area contributed by atoms with Gasteiger partial charge in [-0.15, -0.1) is 0 Å². The minimum absolute atomic E-state index is 0.651. The van der Waals surface area contributed by atoms with Crippen molar-refractivity contribution in [3.8, 4) is 11.3 Å². The number of rotatable bonds is 3. The minimum atomic E-state index is 0.651. The Morgan fingerprint density at radius 2 is 1.83 bits per heavy atom. The fourth-order valence-electron chi connectivity index (χ4n) is 2.67. The van der Waals surface area contributed by atoms with Crippen LogP contribution in [0.25, 0.3) is 17.0 Å². The number of hydrogen-bond donors (Lipinski definition) is 1. The third-order valence-corrected chi connectivity index (χ3v) is 4.38. The third kappa shape index (κ3) is 2.51. The van der Waals surface area contributed by atoms with Gasteiger partial charge in [-0.3, -0.25) is 4.40 Å². The zero-order chi connectivity index (χ0) is 16.5. The number of fused-ring (bicyclic) bond motifs is 1. The molecule has 0 unspecified atom stereocenters. The zero-order valence-corrected chi connectivity index (χ0v) is 13.8. The van der Waals surface area contributed by atoms with Gasteiger partial charge in [-0.25, -0.2) is 9.97 Å². The monoisotopic (exact) mass is 334 g/mol. The average Bonchev–Trinajstić information content (AvgIpc) is 2.98. The first kappa shape index (κ1) is 14.7. The molecule has 0 atom stereocenters. The summed E-state index contributed by atoms with van der Waals surface area (Å²) < 4.78 is 1.95. The van der Waals surface area contributed by atoms with Crippen LogP contribution in [0, 0.1) is 6.92 Å². The Morgan fingerprint density at radius 3 is 2.67 bits per heavy atom. The lowest BCUT2D eigenvalue weighted by molar-refractivity contribution is 1.11. The Hall–Kier alpha value is -2.85. The maximum atomic E-state index is 6.25. The van der Waals surface area contributed by atoms with E-state index in [1.807, 2.05) is 72.1 Å². The quantitative estimate of drug-likeness (QED) is 0.566. The molecule has 0 radical (unpaired) electrons. The van der Waals surface area contributed by atoms with Crippen molar-refractivity contribution in [3.63, 3.8) is 0 Å². The zero-order valence-electron chi connectivity index (χ0n) is 13.1. The van der Waals surface area contributed by atoms with E-state index >= 15 is 0 Å². The van der Waals surface area contributed by atoms with Gasteiger partial charge in [0.15, 0.2) is 0 Å². The highest BCUT2D eigenvalue weighted by Crippen LogP contribution is 2.32. The lowest BCUT2D eigenvalue weighted by Crippen LogP contribution is -1.99. The van der Waals surface area contributed by atoms with Gasteiger partial charge < -0.3 is 5.32 Å². The van der Waals surface area contributed by atoms with E-state index in [4.69, 9.17) is 11.6 Å². The van der Waals surface area contributed by atoms with Gasteiger partial charge in [-0.05, 0) is 30.7 Å². The van der Waals surface area contributed by atoms with Gasteiger partial charge in [0.05, 0.1) is 0 Å². The van der Waals surface area contributed by atoms with Crippen LogP contribution in [0.2, 0.25) is 5.02 Å². The Bertz CT molecular complexity index is 1010. The number of imidazole rings is 1. The second-order valence-electron chi connectivity index (χ2n) is 5.50. The molecular formula is C19H15ClN4. The topological polar surface area (TPSA) is 42.2 Å².